The van der Waals surface area contributed by atoms with Crippen molar-refractivity contribution in [3.63, 3.8) is 0 Å². The molecule has 0 bridgehead atoms. The molecule has 0 atom stereocenters. The quantitative estimate of drug-likeness (QED) is 0.423. The van der Waals surface area contributed by atoms with Gasteiger partial charge in [-0.15, -0.1) is 0 Å². The van der Waals surface area contributed by atoms with E-state index in [2.05, 4.69) is 3.65 Å². The summed E-state index contributed by atoms with van der Waals surface area (Å²) in [7, 11) is 0. The van der Waals surface area contributed by atoms with E-state index in [4.69, 9.17) is 0 Å². The Bertz CT molecular complexity index is 44.9. The van der Waals surface area contributed by atoms with E-state index in [1.54, 1.807) is 0 Å². The minimum absolute atomic E-state index is 0.0486. The van der Waals surface area contributed by atoms with Crippen LogP contribution in [0, 0.1) is 0 Å². The summed E-state index contributed by atoms with van der Waals surface area (Å²) in [6.45, 7) is 1.19. The zero-order valence-electron chi connectivity index (χ0n) is 3.15. The fourth-order valence-electron chi connectivity index (χ4n) is 0.456. The SMILES string of the molecule is C1C[N]=[Ga][CH2]1. The van der Waals surface area contributed by atoms with E-state index in [0.717, 1.165) is 0 Å². The van der Waals surface area contributed by atoms with E-state index in [1.807, 2.05) is 0 Å². The molecule has 0 radical (unpaired) electrons. The van der Waals surface area contributed by atoms with E-state index in [-0.39, 0.29) is 17.2 Å². The summed E-state index contributed by atoms with van der Waals surface area (Å²) in [5, 5.41) is 0. The van der Waals surface area contributed by atoms with Crippen LogP contribution in [0.15, 0.2) is 3.65 Å². The van der Waals surface area contributed by atoms with Crippen LogP contribution in [-0.4, -0.2) is 23.8 Å². The van der Waals surface area contributed by atoms with E-state index in [1.165, 1.54) is 17.9 Å². The third-order valence-electron chi connectivity index (χ3n) is 0.750. The molecule has 2 heteroatoms. The van der Waals surface area contributed by atoms with E-state index < -0.39 is 0 Å². The monoisotopic (exact) mass is 125 g/mol. The number of hydrogen-bond donors (Lipinski definition) is 0. The molecule has 0 N–H and O–H groups in total. The van der Waals surface area contributed by atoms with Gasteiger partial charge in [0.15, 0.2) is 0 Å². The van der Waals surface area contributed by atoms with Gasteiger partial charge >= 0.3 is 38.8 Å². The van der Waals surface area contributed by atoms with Crippen LogP contribution in [0.25, 0.3) is 0 Å². The molecule has 1 rings (SSSR count). The second-order valence-electron chi connectivity index (χ2n) is 1.23. The van der Waals surface area contributed by atoms with Crippen molar-refractivity contribution in [1.29, 1.82) is 0 Å². The normalized spacial score (nSPS) is 19.2. The summed E-state index contributed by atoms with van der Waals surface area (Å²) >= 11 is 0.0486. The Balaban J connectivity index is 2.32. The van der Waals surface area contributed by atoms with Crippen LogP contribution in [0.5, 0.6) is 0 Å². The molecule has 0 saturated carbocycles. The van der Waals surface area contributed by atoms with Crippen LogP contribution in [0.3, 0.4) is 0 Å². The Kier molecular flexibility index (Phi) is 1.28. The molecular weight excluding hydrogens is 120 g/mol. The summed E-state index contributed by atoms with van der Waals surface area (Å²) in [4.78, 5) is 1.49. The van der Waals surface area contributed by atoms with Gasteiger partial charge in [0, 0.05) is 0 Å². The second kappa shape index (κ2) is 1.77. The number of rotatable bonds is 0. The van der Waals surface area contributed by atoms with E-state index in [0.29, 0.717) is 0 Å². The van der Waals surface area contributed by atoms with Gasteiger partial charge in [0.25, 0.3) is 0 Å². The maximum absolute atomic E-state index is 4.24. The molecule has 1 heterocycles. The molecule has 1 nitrogen and oxygen atoms in total. The van der Waals surface area contributed by atoms with Crippen LogP contribution in [0.1, 0.15) is 6.42 Å². The summed E-state index contributed by atoms with van der Waals surface area (Å²) in [5.41, 5.74) is 0. The van der Waals surface area contributed by atoms with Crippen molar-refractivity contribution >= 4 is 17.2 Å². The average molecular weight is 126 g/mol. The molecule has 0 aliphatic carbocycles. The van der Waals surface area contributed by atoms with Crippen molar-refractivity contribution in [2.75, 3.05) is 6.54 Å². The summed E-state index contributed by atoms with van der Waals surface area (Å²) in [5.74, 6) is 0. The van der Waals surface area contributed by atoms with Crippen molar-refractivity contribution in [1.82, 2.24) is 0 Å². The van der Waals surface area contributed by atoms with Crippen LogP contribution >= 0.6 is 0 Å². The Labute approximate surface area is 39.4 Å². The average Bonchev–Trinajstić information content (AvgIpc) is 1.76. The van der Waals surface area contributed by atoms with Crippen LogP contribution in [0.2, 0.25) is 4.98 Å². The molecule has 0 unspecified atom stereocenters. The van der Waals surface area contributed by atoms with Gasteiger partial charge in [-0.3, -0.25) is 0 Å². The zero-order valence-corrected chi connectivity index (χ0v) is 5.57. The van der Waals surface area contributed by atoms with Gasteiger partial charge in [0.2, 0.25) is 0 Å². The Morgan fingerprint density at radius 2 is 2.60 bits per heavy atom. The second-order valence-corrected chi connectivity index (χ2v) is 3.97. The molecule has 0 aromatic carbocycles. The molecule has 0 aromatic rings. The molecule has 0 amide bonds. The number of nitrogens with zero attached hydrogens (tertiary/aromatic N) is 1. The standard InChI is InChI=1S/C3H6N.Ga/c1-2-3-4;/h1-3H2;. The molecule has 0 saturated heterocycles. The van der Waals surface area contributed by atoms with Crippen LogP contribution < -0.4 is 0 Å². The van der Waals surface area contributed by atoms with Crippen molar-refractivity contribution in [2.45, 2.75) is 11.4 Å². The first-order valence-electron chi connectivity index (χ1n) is 1.98. The number of hydrogen-bond acceptors (Lipinski definition) is 1. The minimum atomic E-state index is 0.0486. The van der Waals surface area contributed by atoms with Crippen LogP contribution in [0.4, 0.5) is 0 Å². The molecule has 1 aliphatic rings. The first-order valence-corrected chi connectivity index (χ1v) is 4.78. The first kappa shape index (κ1) is 3.62. The third-order valence-corrected chi connectivity index (χ3v) is 3.23. The molecule has 1 aliphatic heterocycles. The van der Waals surface area contributed by atoms with Crippen LogP contribution in [-0.2, 0) is 0 Å². The van der Waals surface area contributed by atoms with Gasteiger partial charge in [-0.05, 0) is 0 Å². The van der Waals surface area contributed by atoms with Crippen molar-refractivity contribution in [2.24, 2.45) is 3.65 Å². The van der Waals surface area contributed by atoms with Gasteiger partial charge in [0.05, 0.1) is 0 Å². The van der Waals surface area contributed by atoms with Crippen molar-refractivity contribution in [3.05, 3.63) is 0 Å². The molecule has 5 heavy (non-hydrogen) atoms. The topological polar surface area (TPSA) is 12.4 Å². The molecule has 0 fully saturated rings. The van der Waals surface area contributed by atoms with E-state index in [9.17, 15) is 0 Å². The predicted molar refractivity (Wildman–Crippen MR) is 22.5 cm³/mol. The van der Waals surface area contributed by atoms with Gasteiger partial charge in [-0.2, -0.15) is 0 Å². The first-order chi connectivity index (χ1) is 2.50. The Hall–Kier alpha value is 0.436. The maximum atomic E-state index is 4.24. The van der Waals surface area contributed by atoms with Crippen molar-refractivity contribution < 1.29 is 0 Å². The van der Waals surface area contributed by atoms with E-state index >= 15 is 0 Å². The summed E-state index contributed by atoms with van der Waals surface area (Å²) in [6.07, 6.45) is 1.40. The van der Waals surface area contributed by atoms with Gasteiger partial charge in [-0.25, -0.2) is 0 Å². The molecule has 0 spiro atoms. The van der Waals surface area contributed by atoms with Gasteiger partial charge < -0.3 is 0 Å². The Morgan fingerprint density at radius 1 is 1.60 bits per heavy atom. The zero-order chi connectivity index (χ0) is 3.54. The fraction of sp³-hybridized carbons (Fsp3) is 1.00. The fourth-order valence-corrected chi connectivity index (χ4v) is 2.37. The summed E-state index contributed by atoms with van der Waals surface area (Å²) in [6, 6.07) is 0. The molecule has 26 valence electrons. The van der Waals surface area contributed by atoms with Gasteiger partial charge in [-0.1, -0.05) is 0 Å². The van der Waals surface area contributed by atoms with Crippen molar-refractivity contribution in [3.8, 4) is 0 Å². The predicted octanol–water partition coefficient (Wildman–Crippen LogP) is 0.696. The van der Waals surface area contributed by atoms with Gasteiger partial charge in [0.1, 0.15) is 0 Å². The molecular formula is C3H6GaN. The molecule has 0 aromatic heterocycles. The summed E-state index contributed by atoms with van der Waals surface area (Å²) < 4.78 is 4.24. The Morgan fingerprint density at radius 3 is 2.80 bits per heavy atom. The third kappa shape index (κ3) is 0.891.